The Hall–Kier alpha value is -1.09. The van der Waals surface area contributed by atoms with Crippen molar-refractivity contribution in [1.82, 2.24) is 4.98 Å². The molecule has 1 aliphatic heterocycles. The fraction of sp³-hybridized carbons (Fsp3) is 0.643. The zero-order valence-electron chi connectivity index (χ0n) is 10.4. The van der Waals surface area contributed by atoms with Crippen LogP contribution >= 0.6 is 0 Å². The predicted molar refractivity (Wildman–Crippen MR) is 70.2 cm³/mol. The average molecular weight is 234 g/mol. The maximum Gasteiger partial charge on any atom is 0.0431 e. The molecule has 0 radical (unpaired) electrons. The van der Waals surface area contributed by atoms with Crippen LogP contribution < -0.4 is 4.90 Å². The zero-order chi connectivity index (χ0) is 11.9. The van der Waals surface area contributed by atoms with Gasteiger partial charge in [0.15, 0.2) is 0 Å². The summed E-state index contributed by atoms with van der Waals surface area (Å²) in [7, 11) is 0. The molecule has 1 saturated heterocycles. The third kappa shape index (κ3) is 3.43. The standard InChI is InChI=1S/C14H22N2O/c17-12-4-2-6-13-5-1-3-11-16(13)14-7-9-15-10-8-14/h7-10,13,17H,1-6,11-12H2. The molecule has 0 saturated carbocycles. The van der Waals surface area contributed by atoms with Crippen molar-refractivity contribution in [3.05, 3.63) is 24.5 Å². The van der Waals surface area contributed by atoms with Crippen LogP contribution in [0.5, 0.6) is 0 Å². The van der Waals surface area contributed by atoms with E-state index in [1.165, 1.54) is 31.4 Å². The Labute approximate surface area is 103 Å². The van der Waals surface area contributed by atoms with Crippen LogP contribution in [0.3, 0.4) is 0 Å². The van der Waals surface area contributed by atoms with Crippen molar-refractivity contribution in [2.75, 3.05) is 18.1 Å². The zero-order valence-corrected chi connectivity index (χ0v) is 10.4. The second kappa shape index (κ2) is 6.60. The molecular weight excluding hydrogens is 212 g/mol. The van der Waals surface area contributed by atoms with Gasteiger partial charge in [0.05, 0.1) is 0 Å². The molecule has 3 heteroatoms. The molecule has 1 aliphatic rings. The minimum absolute atomic E-state index is 0.321. The summed E-state index contributed by atoms with van der Waals surface area (Å²) in [6.45, 7) is 1.48. The van der Waals surface area contributed by atoms with Crippen molar-refractivity contribution in [3.8, 4) is 0 Å². The summed E-state index contributed by atoms with van der Waals surface area (Å²) < 4.78 is 0. The van der Waals surface area contributed by atoms with E-state index in [0.717, 1.165) is 19.4 Å². The molecule has 94 valence electrons. The van der Waals surface area contributed by atoms with Gasteiger partial charge in [-0.25, -0.2) is 0 Å². The van der Waals surface area contributed by atoms with Crippen LogP contribution in [0.1, 0.15) is 38.5 Å². The first-order valence-corrected chi connectivity index (χ1v) is 6.69. The number of piperidine rings is 1. The lowest BCUT2D eigenvalue weighted by molar-refractivity contribution is 0.278. The van der Waals surface area contributed by atoms with E-state index in [-0.39, 0.29) is 0 Å². The maximum absolute atomic E-state index is 8.86. The molecule has 2 heterocycles. The number of pyridine rings is 1. The van der Waals surface area contributed by atoms with Gasteiger partial charge in [0, 0.05) is 37.3 Å². The van der Waals surface area contributed by atoms with Crippen LogP contribution in [0.4, 0.5) is 5.69 Å². The normalized spacial score (nSPS) is 20.5. The Kier molecular flexibility index (Phi) is 4.80. The Morgan fingerprint density at radius 2 is 2.06 bits per heavy atom. The molecule has 0 amide bonds. The lowest BCUT2D eigenvalue weighted by atomic mass is 9.96. The summed E-state index contributed by atoms with van der Waals surface area (Å²) in [6, 6.07) is 4.85. The van der Waals surface area contributed by atoms with E-state index in [4.69, 9.17) is 5.11 Å². The molecule has 2 rings (SSSR count). The van der Waals surface area contributed by atoms with Crippen LogP contribution in [0.2, 0.25) is 0 Å². The van der Waals surface area contributed by atoms with Crippen LogP contribution in [-0.4, -0.2) is 29.3 Å². The van der Waals surface area contributed by atoms with E-state index in [0.29, 0.717) is 12.6 Å². The van der Waals surface area contributed by atoms with Crippen molar-refractivity contribution in [2.24, 2.45) is 0 Å². The Morgan fingerprint density at radius 3 is 2.82 bits per heavy atom. The Morgan fingerprint density at radius 1 is 1.24 bits per heavy atom. The molecule has 3 nitrogen and oxygen atoms in total. The number of unbranched alkanes of at least 4 members (excludes halogenated alkanes) is 1. The van der Waals surface area contributed by atoms with Gasteiger partial charge in [-0.1, -0.05) is 0 Å². The van der Waals surface area contributed by atoms with E-state index >= 15 is 0 Å². The van der Waals surface area contributed by atoms with E-state index in [2.05, 4.69) is 22.0 Å². The van der Waals surface area contributed by atoms with Gasteiger partial charge in [-0.05, 0) is 50.7 Å². The highest BCUT2D eigenvalue weighted by Gasteiger charge is 2.21. The number of aliphatic hydroxyl groups is 1. The fourth-order valence-electron chi connectivity index (χ4n) is 2.67. The lowest BCUT2D eigenvalue weighted by Crippen LogP contribution is -2.39. The van der Waals surface area contributed by atoms with Crippen molar-refractivity contribution in [2.45, 2.75) is 44.6 Å². The number of hydrogen-bond donors (Lipinski definition) is 1. The minimum Gasteiger partial charge on any atom is -0.396 e. The summed E-state index contributed by atoms with van der Waals surface area (Å²) in [4.78, 5) is 6.60. The number of aliphatic hydroxyl groups excluding tert-OH is 1. The third-order valence-corrected chi connectivity index (χ3v) is 3.57. The first kappa shape index (κ1) is 12.4. The van der Waals surface area contributed by atoms with Gasteiger partial charge >= 0.3 is 0 Å². The number of rotatable bonds is 5. The number of nitrogens with zero attached hydrogens (tertiary/aromatic N) is 2. The number of hydrogen-bond acceptors (Lipinski definition) is 3. The molecule has 1 N–H and O–H groups in total. The maximum atomic E-state index is 8.86. The van der Waals surface area contributed by atoms with Crippen molar-refractivity contribution < 1.29 is 5.11 Å². The minimum atomic E-state index is 0.321. The van der Waals surface area contributed by atoms with E-state index in [9.17, 15) is 0 Å². The number of aromatic nitrogens is 1. The van der Waals surface area contributed by atoms with Crippen molar-refractivity contribution in [3.63, 3.8) is 0 Å². The second-order valence-corrected chi connectivity index (χ2v) is 4.77. The summed E-state index contributed by atoms with van der Waals surface area (Å²) in [6.07, 6.45) is 10.9. The van der Waals surface area contributed by atoms with E-state index in [1.807, 2.05) is 12.4 Å². The molecule has 1 aromatic rings. The summed E-state index contributed by atoms with van der Waals surface area (Å²) in [5.41, 5.74) is 1.30. The predicted octanol–water partition coefficient (Wildman–Crippen LogP) is 2.60. The highest BCUT2D eigenvalue weighted by atomic mass is 16.2. The molecule has 1 unspecified atom stereocenters. The lowest BCUT2D eigenvalue weighted by Gasteiger charge is -2.37. The molecule has 1 fully saturated rings. The van der Waals surface area contributed by atoms with E-state index in [1.54, 1.807) is 0 Å². The molecule has 17 heavy (non-hydrogen) atoms. The molecule has 1 aromatic heterocycles. The molecule has 0 bridgehead atoms. The fourth-order valence-corrected chi connectivity index (χ4v) is 2.67. The second-order valence-electron chi connectivity index (χ2n) is 4.77. The molecular formula is C14H22N2O. The molecule has 1 atom stereocenters. The monoisotopic (exact) mass is 234 g/mol. The summed E-state index contributed by atoms with van der Waals surface area (Å²) in [5.74, 6) is 0. The third-order valence-electron chi connectivity index (χ3n) is 3.57. The Bertz CT molecular complexity index is 315. The van der Waals surface area contributed by atoms with Gasteiger partial charge in [0.25, 0.3) is 0 Å². The van der Waals surface area contributed by atoms with Crippen molar-refractivity contribution in [1.29, 1.82) is 0 Å². The molecule has 0 aromatic carbocycles. The van der Waals surface area contributed by atoms with Crippen LogP contribution in [0.15, 0.2) is 24.5 Å². The number of anilines is 1. The quantitative estimate of drug-likeness (QED) is 0.796. The Balaban J connectivity index is 1.97. The van der Waals surface area contributed by atoms with Crippen LogP contribution in [-0.2, 0) is 0 Å². The average Bonchev–Trinajstić information content (AvgIpc) is 2.41. The highest BCUT2D eigenvalue weighted by Crippen LogP contribution is 2.26. The van der Waals surface area contributed by atoms with Gasteiger partial charge in [0.2, 0.25) is 0 Å². The highest BCUT2D eigenvalue weighted by molar-refractivity contribution is 5.46. The van der Waals surface area contributed by atoms with Gasteiger partial charge in [-0.15, -0.1) is 0 Å². The largest absolute Gasteiger partial charge is 0.396 e. The summed E-state index contributed by atoms with van der Waals surface area (Å²) in [5, 5.41) is 8.86. The van der Waals surface area contributed by atoms with Crippen LogP contribution in [0.25, 0.3) is 0 Å². The van der Waals surface area contributed by atoms with Gasteiger partial charge in [-0.2, -0.15) is 0 Å². The summed E-state index contributed by atoms with van der Waals surface area (Å²) >= 11 is 0. The van der Waals surface area contributed by atoms with E-state index < -0.39 is 0 Å². The SMILES string of the molecule is OCCCCC1CCCCN1c1ccncc1. The van der Waals surface area contributed by atoms with Crippen molar-refractivity contribution >= 4 is 5.69 Å². The van der Waals surface area contributed by atoms with Crippen LogP contribution in [0, 0.1) is 0 Å². The first-order valence-electron chi connectivity index (χ1n) is 6.69. The van der Waals surface area contributed by atoms with Gasteiger partial charge < -0.3 is 10.0 Å². The van der Waals surface area contributed by atoms with Gasteiger partial charge in [-0.3, -0.25) is 4.98 Å². The molecule has 0 aliphatic carbocycles. The molecule has 0 spiro atoms. The first-order chi connectivity index (χ1) is 8.42. The van der Waals surface area contributed by atoms with Gasteiger partial charge in [0.1, 0.15) is 0 Å². The topological polar surface area (TPSA) is 36.4 Å². The smallest absolute Gasteiger partial charge is 0.0431 e.